The van der Waals surface area contributed by atoms with E-state index in [1.165, 1.54) is 21.8 Å². The van der Waals surface area contributed by atoms with Crippen LogP contribution in [0, 0.1) is 0 Å². The molecule has 1 heterocycles. The van der Waals surface area contributed by atoms with Gasteiger partial charge in [0.15, 0.2) is 0 Å². The molecule has 0 fully saturated rings. The molecule has 0 spiro atoms. The number of likely N-dealkylation sites (N-methyl/N-ethyl adjacent to an activating group) is 1. The van der Waals surface area contributed by atoms with Crippen molar-refractivity contribution in [3.05, 3.63) is 34.9 Å². The summed E-state index contributed by atoms with van der Waals surface area (Å²) < 4.78 is 5.47. The van der Waals surface area contributed by atoms with E-state index in [0.717, 1.165) is 13.0 Å². The van der Waals surface area contributed by atoms with Crippen LogP contribution < -0.4 is 5.32 Å². The third kappa shape index (κ3) is 4.27. The molecular formula is C16H24N2O3. The second-order valence-electron chi connectivity index (χ2n) is 4.97. The lowest BCUT2D eigenvalue weighted by Gasteiger charge is -2.21. The van der Waals surface area contributed by atoms with Gasteiger partial charge in [-0.2, -0.15) is 0 Å². The van der Waals surface area contributed by atoms with Crippen molar-refractivity contribution in [3.8, 4) is 0 Å². The number of nitrogens with zero attached hydrogens (tertiary/aromatic N) is 1. The molecule has 0 radical (unpaired) electrons. The molecule has 0 unspecified atom stereocenters. The van der Waals surface area contributed by atoms with Crippen LogP contribution in [0.4, 0.5) is 0 Å². The first-order valence-electron chi connectivity index (χ1n) is 7.57. The lowest BCUT2D eigenvalue weighted by molar-refractivity contribution is -0.182. The van der Waals surface area contributed by atoms with E-state index in [0.29, 0.717) is 26.3 Å². The number of carbonyl (C=O) groups is 1. The summed E-state index contributed by atoms with van der Waals surface area (Å²) in [6.07, 6.45) is 0.946. The van der Waals surface area contributed by atoms with Crippen LogP contribution in [0.2, 0.25) is 0 Å². The van der Waals surface area contributed by atoms with Crippen LogP contribution in [0.3, 0.4) is 0 Å². The lowest BCUT2D eigenvalue weighted by atomic mass is 9.97. The fourth-order valence-electron chi connectivity index (χ4n) is 2.55. The summed E-state index contributed by atoms with van der Waals surface area (Å²) in [6.45, 7) is 7.29. The van der Waals surface area contributed by atoms with Crippen molar-refractivity contribution in [2.24, 2.45) is 0 Å². The zero-order valence-corrected chi connectivity index (χ0v) is 12.9. The first-order chi connectivity index (χ1) is 10.3. The number of amides is 1. The summed E-state index contributed by atoms with van der Waals surface area (Å²) in [4.78, 5) is 17.2. The third-order valence-electron chi connectivity index (χ3n) is 3.57. The quantitative estimate of drug-likeness (QED) is 0.776. The van der Waals surface area contributed by atoms with Crippen molar-refractivity contribution >= 4 is 5.91 Å². The van der Waals surface area contributed by atoms with E-state index < -0.39 is 0 Å². The SMILES string of the molecule is CCON(CC)C(=O)CNCc1cccc2c1CCOC2. The molecule has 1 amide bonds. The first-order valence-corrected chi connectivity index (χ1v) is 7.57. The Labute approximate surface area is 126 Å². The van der Waals surface area contributed by atoms with Gasteiger partial charge in [0.05, 0.1) is 26.4 Å². The van der Waals surface area contributed by atoms with Crippen LogP contribution in [-0.2, 0) is 33.9 Å². The fraction of sp³-hybridized carbons (Fsp3) is 0.562. The molecule has 0 aliphatic carbocycles. The molecule has 5 nitrogen and oxygen atoms in total. The van der Waals surface area contributed by atoms with Crippen LogP contribution in [-0.4, -0.2) is 37.3 Å². The summed E-state index contributed by atoms with van der Waals surface area (Å²) in [5.74, 6) is -0.0347. The molecule has 2 rings (SSSR count). The van der Waals surface area contributed by atoms with Crippen molar-refractivity contribution in [2.75, 3.05) is 26.3 Å². The maximum Gasteiger partial charge on any atom is 0.260 e. The van der Waals surface area contributed by atoms with Gasteiger partial charge in [-0.1, -0.05) is 18.2 Å². The smallest absolute Gasteiger partial charge is 0.260 e. The van der Waals surface area contributed by atoms with Gasteiger partial charge in [-0.25, -0.2) is 5.06 Å². The maximum absolute atomic E-state index is 12.0. The van der Waals surface area contributed by atoms with Crippen molar-refractivity contribution in [3.63, 3.8) is 0 Å². The van der Waals surface area contributed by atoms with Crippen molar-refractivity contribution in [1.82, 2.24) is 10.4 Å². The van der Waals surface area contributed by atoms with Crippen LogP contribution in [0.15, 0.2) is 18.2 Å². The van der Waals surface area contributed by atoms with Crippen molar-refractivity contribution in [2.45, 2.75) is 33.4 Å². The standard InChI is InChI=1S/C16H24N2O3/c1-3-18(21-4-2)16(19)11-17-10-13-6-5-7-14-12-20-9-8-15(13)14/h5-7,17H,3-4,8-12H2,1-2H3. The minimum atomic E-state index is -0.0347. The van der Waals surface area contributed by atoms with Crippen molar-refractivity contribution < 1.29 is 14.4 Å². The zero-order valence-electron chi connectivity index (χ0n) is 12.9. The minimum absolute atomic E-state index is 0.0347. The summed E-state index contributed by atoms with van der Waals surface area (Å²) in [7, 11) is 0. The Balaban J connectivity index is 1.87. The van der Waals surface area contributed by atoms with E-state index in [1.807, 2.05) is 19.9 Å². The Morgan fingerprint density at radius 3 is 3.05 bits per heavy atom. The highest BCUT2D eigenvalue weighted by Crippen LogP contribution is 2.20. The molecule has 1 aromatic rings. The highest BCUT2D eigenvalue weighted by molar-refractivity contribution is 5.77. The summed E-state index contributed by atoms with van der Waals surface area (Å²) >= 11 is 0. The topological polar surface area (TPSA) is 50.8 Å². The molecular weight excluding hydrogens is 268 g/mol. The second kappa shape index (κ2) is 8.12. The van der Waals surface area contributed by atoms with Crippen LogP contribution in [0.5, 0.6) is 0 Å². The number of nitrogens with one attached hydrogen (secondary N) is 1. The predicted molar refractivity (Wildman–Crippen MR) is 80.5 cm³/mol. The molecule has 1 N–H and O–H groups in total. The predicted octanol–water partition coefficient (Wildman–Crippen LogP) is 1.65. The Morgan fingerprint density at radius 1 is 1.43 bits per heavy atom. The number of hydroxylamine groups is 2. The summed E-state index contributed by atoms with van der Waals surface area (Å²) in [6, 6.07) is 6.27. The minimum Gasteiger partial charge on any atom is -0.376 e. The molecule has 0 atom stereocenters. The molecule has 116 valence electrons. The average molecular weight is 292 g/mol. The van der Waals surface area contributed by atoms with Crippen LogP contribution >= 0.6 is 0 Å². The highest BCUT2D eigenvalue weighted by Gasteiger charge is 2.14. The van der Waals surface area contributed by atoms with E-state index in [9.17, 15) is 4.79 Å². The normalized spacial score (nSPS) is 13.8. The number of carbonyl (C=O) groups excluding carboxylic acids is 1. The second-order valence-corrected chi connectivity index (χ2v) is 4.97. The van der Waals surface area contributed by atoms with E-state index in [2.05, 4.69) is 17.4 Å². The van der Waals surface area contributed by atoms with Gasteiger partial charge in [0, 0.05) is 13.1 Å². The first kappa shape index (κ1) is 15.9. The average Bonchev–Trinajstić information content (AvgIpc) is 2.52. The monoisotopic (exact) mass is 292 g/mol. The van der Waals surface area contributed by atoms with Gasteiger partial charge >= 0.3 is 0 Å². The van der Waals surface area contributed by atoms with E-state index >= 15 is 0 Å². The number of hydrogen-bond acceptors (Lipinski definition) is 4. The molecule has 1 aromatic carbocycles. The van der Waals surface area contributed by atoms with E-state index in [-0.39, 0.29) is 12.5 Å². The Kier molecular flexibility index (Phi) is 6.17. The van der Waals surface area contributed by atoms with E-state index in [4.69, 9.17) is 9.57 Å². The Hall–Kier alpha value is -1.43. The van der Waals surface area contributed by atoms with Gasteiger partial charge in [0.25, 0.3) is 5.91 Å². The van der Waals surface area contributed by atoms with E-state index in [1.54, 1.807) is 0 Å². The van der Waals surface area contributed by atoms with Crippen LogP contribution in [0.1, 0.15) is 30.5 Å². The molecule has 0 saturated heterocycles. The highest BCUT2D eigenvalue weighted by atomic mass is 16.7. The number of rotatable bonds is 7. The zero-order chi connectivity index (χ0) is 15.1. The Morgan fingerprint density at radius 2 is 2.29 bits per heavy atom. The lowest BCUT2D eigenvalue weighted by Crippen LogP contribution is -2.38. The van der Waals surface area contributed by atoms with Crippen molar-refractivity contribution in [1.29, 1.82) is 0 Å². The van der Waals surface area contributed by atoms with Gasteiger partial charge in [-0.05, 0) is 37.0 Å². The molecule has 1 aliphatic heterocycles. The Bertz CT molecular complexity index is 477. The maximum atomic E-state index is 12.0. The molecule has 0 saturated carbocycles. The molecule has 0 bridgehead atoms. The van der Waals surface area contributed by atoms with Gasteiger partial charge in [-0.15, -0.1) is 0 Å². The number of ether oxygens (including phenoxy) is 1. The third-order valence-corrected chi connectivity index (χ3v) is 3.57. The summed E-state index contributed by atoms with van der Waals surface area (Å²) in [5.41, 5.74) is 3.88. The largest absolute Gasteiger partial charge is 0.376 e. The number of fused-ring (bicyclic) bond motifs is 1. The van der Waals surface area contributed by atoms with Crippen LogP contribution in [0.25, 0.3) is 0 Å². The summed E-state index contributed by atoms with van der Waals surface area (Å²) in [5, 5.41) is 4.62. The molecule has 1 aliphatic rings. The van der Waals surface area contributed by atoms with Gasteiger partial charge in [0.1, 0.15) is 0 Å². The number of hydrogen-bond donors (Lipinski definition) is 1. The number of benzene rings is 1. The fourth-order valence-corrected chi connectivity index (χ4v) is 2.55. The molecule has 0 aromatic heterocycles. The molecule has 21 heavy (non-hydrogen) atoms. The van der Waals surface area contributed by atoms with Gasteiger partial charge < -0.3 is 10.1 Å². The van der Waals surface area contributed by atoms with Gasteiger partial charge in [0.2, 0.25) is 0 Å². The molecule has 5 heteroatoms. The van der Waals surface area contributed by atoms with Gasteiger partial charge in [-0.3, -0.25) is 9.63 Å².